The van der Waals surface area contributed by atoms with Gasteiger partial charge in [-0.05, 0) is 47.7 Å². The van der Waals surface area contributed by atoms with Crippen molar-refractivity contribution in [3.8, 4) is 0 Å². The number of fused-ring (bicyclic) bond motifs is 4. The van der Waals surface area contributed by atoms with Crippen molar-refractivity contribution in [3.05, 3.63) is 107 Å². The molecular weight excluding hydrogens is 472 g/mol. The number of nitrogens with one attached hydrogen (secondary N) is 1. The number of hydrogen-bond donors (Lipinski definition) is 1. The SMILES string of the molecule is O=C(NCCCN1CCN(Cc2ccccc2)CC1)[C@H]1c2ccccc2C(=O)N2CCc3ccccc3[C@@H]12. The van der Waals surface area contributed by atoms with E-state index in [2.05, 4.69) is 57.6 Å². The number of rotatable bonds is 7. The van der Waals surface area contributed by atoms with Crippen molar-refractivity contribution in [2.75, 3.05) is 45.8 Å². The third-order valence-corrected chi connectivity index (χ3v) is 8.38. The quantitative estimate of drug-likeness (QED) is 0.493. The molecule has 3 aromatic carbocycles. The van der Waals surface area contributed by atoms with Gasteiger partial charge >= 0.3 is 0 Å². The van der Waals surface area contributed by atoms with Gasteiger partial charge in [-0.3, -0.25) is 14.5 Å². The van der Waals surface area contributed by atoms with Crippen LogP contribution in [0.5, 0.6) is 0 Å². The summed E-state index contributed by atoms with van der Waals surface area (Å²) in [7, 11) is 0. The van der Waals surface area contributed by atoms with E-state index in [0.717, 1.165) is 63.2 Å². The van der Waals surface area contributed by atoms with Crippen LogP contribution in [0.2, 0.25) is 0 Å². The lowest BCUT2D eigenvalue weighted by molar-refractivity contribution is -0.124. The Kier molecular flexibility index (Phi) is 7.25. The van der Waals surface area contributed by atoms with Crippen molar-refractivity contribution in [3.63, 3.8) is 0 Å². The fourth-order valence-corrected chi connectivity index (χ4v) is 6.39. The maximum absolute atomic E-state index is 13.7. The van der Waals surface area contributed by atoms with E-state index in [9.17, 15) is 9.59 Å². The van der Waals surface area contributed by atoms with E-state index < -0.39 is 5.92 Å². The van der Waals surface area contributed by atoms with Crippen LogP contribution in [0.15, 0.2) is 78.9 Å². The highest BCUT2D eigenvalue weighted by atomic mass is 16.2. The Labute approximate surface area is 225 Å². The fourth-order valence-electron chi connectivity index (χ4n) is 6.39. The second-order valence-corrected chi connectivity index (χ2v) is 10.7. The highest BCUT2D eigenvalue weighted by Crippen LogP contribution is 2.45. The molecule has 0 saturated carbocycles. The summed E-state index contributed by atoms with van der Waals surface area (Å²) < 4.78 is 0. The van der Waals surface area contributed by atoms with Gasteiger partial charge in [-0.1, -0.05) is 72.8 Å². The minimum atomic E-state index is -0.396. The first kappa shape index (κ1) is 24.8. The first-order valence-corrected chi connectivity index (χ1v) is 13.9. The Hall–Kier alpha value is -3.48. The summed E-state index contributed by atoms with van der Waals surface area (Å²) in [6.45, 7) is 7.56. The minimum absolute atomic E-state index is 0.0179. The van der Waals surface area contributed by atoms with Gasteiger partial charge < -0.3 is 15.1 Å². The topological polar surface area (TPSA) is 55.9 Å². The smallest absolute Gasteiger partial charge is 0.254 e. The number of amides is 2. The second kappa shape index (κ2) is 11.1. The fraction of sp³-hybridized carbons (Fsp3) is 0.375. The van der Waals surface area contributed by atoms with Gasteiger partial charge in [-0.25, -0.2) is 0 Å². The largest absolute Gasteiger partial charge is 0.355 e. The average Bonchev–Trinajstić information content (AvgIpc) is 2.97. The van der Waals surface area contributed by atoms with Gasteiger partial charge in [0.15, 0.2) is 0 Å². The van der Waals surface area contributed by atoms with Gasteiger partial charge in [-0.2, -0.15) is 0 Å². The zero-order valence-corrected chi connectivity index (χ0v) is 21.9. The molecule has 0 bridgehead atoms. The molecule has 6 rings (SSSR count). The standard InChI is InChI=1S/C32H36N4O2/c37-31(33-16-8-17-34-19-21-35(22-20-34)23-24-9-2-1-3-10-24)29-27-13-6-7-14-28(27)32(38)36-18-15-25-11-4-5-12-26(25)30(29)36/h1-7,9-14,29-30H,8,15-23H2,(H,33,37)/t29-,30-/m0/s1. The Morgan fingerprint density at radius 2 is 1.47 bits per heavy atom. The van der Waals surface area contributed by atoms with Crippen LogP contribution in [0.3, 0.4) is 0 Å². The third kappa shape index (κ3) is 4.98. The molecule has 1 fully saturated rings. The van der Waals surface area contributed by atoms with Crippen molar-refractivity contribution < 1.29 is 9.59 Å². The van der Waals surface area contributed by atoms with Crippen molar-refractivity contribution in [1.82, 2.24) is 20.0 Å². The van der Waals surface area contributed by atoms with E-state index in [4.69, 9.17) is 0 Å². The Bertz CT molecular complexity index is 1290. The van der Waals surface area contributed by atoms with Gasteiger partial charge in [0.1, 0.15) is 0 Å². The van der Waals surface area contributed by atoms with Crippen LogP contribution >= 0.6 is 0 Å². The molecule has 0 radical (unpaired) electrons. The molecule has 2 atom stereocenters. The molecule has 0 unspecified atom stereocenters. The summed E-state index contributed by atoms with van der Waals surface area (Å²) in [5, 5.41) is 3.24. The van der Waals surface area contributed by atoms with Crippen molar-refractivity contribution in [1.29, 1.82) is 0 Å². The lowest BCUT2D eigenvalue weighted by atomic mass is 9.76. The van der Waals surface area contributed by atoms with Crippen molar-refractivity contribution >= 4 is 11.8 Å². The summed E-state index contributed by atoms with van der Waals surface area (Å²) in [5.41, 5.74) is 5.23. The number of benzene rings is 3. The zero-order valence-electron chi connectivity index (χ0n) is 21.9. The number of nitrogens with zero attached hydrogens (tertiary/aromatic N) is 3. The van der Waals surface area contributed by atoms with Crippen molar-refractivity contribution in [2.24, 2.45) is 0 Å². The first-order valence-electron chi connectivity index (χ1n) is 13.9. The van der Waals surface area contributed by atoms with Crippen LogP contribution in [-0.2, 0) is 17.8 Å². The molecular formula is C32H36N4O2. The summed E-state index contributed by atoms with van der Waals surface area (Å²) >= 11 is 0. The normalized spacial score (nSPS) is 21.4. The van der Waals surface area contributed by atoms with Crippen LogP contribution in [0, 0.1) is 0 Å². The predicted octanol–water partition coefficient (Wildman–Crippen LogP) is 3.85. The van der Waals surface area contributed by atoms with Crippen LogP contribution in [0.25, 0.3) is 0 Å². The molecule has 6 heteroatoms. The molecule has 196 valence electrons. The van der Waals surface area contributed by atoms with E-state index >= 15 is 0 Å². The summed E-state index contributed by atoms with van der Waals surface area (Å²) in [6.07, 6.45) is 1.75. The van der Waals surface area contributed by atoms with Gasteiger partial charge in [0.25, 0.3) is 5.91 Å². The number of piperazine rings is 1. The summed E-state index contributed by atoms with van der Waals surface area (Å²) in [5.74, 6) is -0.341. The molecule has 2 amide bonds. The van der Waals surface area contributed by atoms with E-state index in [1.165, 1.54) is 11.1 Å². The van der Waals surface area contributed by atoms with Crippen LogP contribution in [-0.4, -0.2) is 72.3 Å². The number of carbonyl (C=O) groups excluding carboxylic acids is 2. The molecule has 3 aliphatic heterocycles. The molecule has 1 N–H and O–H groups in total. The maximum atomic E-state index is 13.7. The van der Waals surface area contributed by atoms with Crippen LogP contribution in [0.4, 0.5) is 0 Å². The zero-order chi connectivity index (χ0) is 25.9. The molecule has 0 aliphatic carbocycles. The van der Waals surface area contributed by atoms with E-state index in [1.807, 2.05) is 41.3 Å². The van der Waals surface area contributed by atoms with Crippen LogP contribution < -0.4 is 5.32 Å². The Balaban J connectivity index is 1.07. The second-order valence-electron chi connectivity index (χ2n) is 10.7. The molecule has 3 aliphatic rings. The van der Waals surface area contributed by atoms with E-state index in [1.54, 1.807) is 0 Å². The summed E-state index contributed by atoms with van der Waals surface area (Å²) in [6, 6.07) is 26.4. The highest BCUT2D eigenvalue weighted by Gasteiger charge is 2.46. The van der Waals surface area contributed by atoms with Crippen molar-refractivity contribution in [2.45, 2.75) is 31.3 Å². The lowest BCUT2D eigenvalue weighted by Gasteiger charge is -2.45. The monoisotopic (exact) mass is 508 g/mol. The van der Waals surface area contributed by atoms with Gasteiger partial charge in [-0.15, -0.1) is 0 Å². The molecule has 0 aromatic heterocycles. The Morgan fingerprint density at radius 3 is 2.29 bits per heavy atom. The minimum Gasteiger partial charge on any atom is -0.355 e. The van der Waals surface area contributed by atoms with E-state index in [-0.39, 0.29) is 17.9 Å². The van der Waals surface area contributed by atoms with Crippen LogP contribution in [0.1, 0.15) is 51.0 Å². The molecule has 0 spiro atoms. The number of carbonyl (C=O) groups is 2. The van der Waals surface area contributed by atoms with E-state index in [0.29, 0.717) is 18.7 Å². The number of hydrogen-bond acceptors (Lipinski definition) is 4. The molecule has 38 heavy (non-hydrogen) atoms. The average molecular weight is 509 g/mol. The predicted molar refractivity (Wildman–Crippen MR) is 149 cm³/mol. The molecule has 3 aromatic rings. The molecule has 6 nitrogen and oxygen atoms in total. The Morgan fingerprint density at radius 1 is 0.789 bits per heavy atom. The molecule has 3 heterocycles. The van der Waals surface area contributed by atoms with Gasteiger partial charge in [0.2, 0.25) is 5.91 Å². The van der Waals surface area contributed by atoms with Gasteiger partial charge in [0, 0.05) is 51.4 Å². The van der Waals surface area contributed by atoms with Gasteiger partial charge in [0.05, 0.1) is 12.0 Å². The third-order valence-electron chi connectivity index (χ3n) is 8.38. The highest BCUT2D eigenvalue weighted by molar-refractivity contribution is 6.01. The molecule has 1 saturated heterocycles. The maximum Gasteiger partial charge on any atom is 0.254 e. The first-order chi connectivity index (χ1) is 18.7. The lowest BCUT2D eigenvalue weighted by Crippen LogP contribution is -2.50. The summed E-state index contributed by atoms with van der Waals surface area (Å²) in [4.78, 5) is 34.0.